The van der Waals surface area contributed by atoms with Crippen molar-refractivity contribution in [3.63, 3.8) is 0 Å². The molecule has 0 aliphatic heterocycles. The number of aromatic nitrogens is 2. The second-order valence-electron chi connectivity index (χ2n) is 4.66. The molecule has 2 rings (SSSR count). The third-order valence-electron chi connectivity index (χ3n) is 3.03. The molecule has 1 heterocycles. The van der Waals surface area contributed by atoms with E-state index < -0.39 is 0 Å². The lowest BCUT2D eigenvalue weighted by Crippen LogP contribution is -2.26. The normalized spacial score (nSPS) is 12.1. The lowest BCUT2D eigenvalue weighted by atomic mass is 10.1. The summed E-state index contributed by atoms with van der Waals surface area (Å²) in [5, 5.41) is 6.98. The van der Waals surface area contributed by atoms with Gasteiger partial charge in [0.25, 0.3) is 5.91 Å². The van der Waals surface area contributed by atoms with Gasteiger partial charge in [-0.25, -0.2) is 0 Å². The van der Waals surface area contributed by atoms with Crippen molar-refractivity contribution < 1.29 is 4.79 Å². The predicted octanol–water partition coefficient (Wildman–Crippen LogP) is 2.56. The minimum absolute atomic E-state index is 0.0836. The molecule has 3 N–H and O–H groups in total. The molecule has 0 aliphatic rings. The smallest absolute Gasteiger partial charge is 0.265 e. The maximum atomic E-state index is 12.2. The monoisotopic (exact) mass is 290 g/mol. The number of nitrogens with two attached hydrogens (primary N) is 1. The highest BCUT2D eigenvalue weighted by Crippen LogP contribution is 2.17. The van der Waals surface area contributed by atoms with Gasteiger partial charge in [0, 0.05) is 5.69 Å². The van der Waals surface area contributed by atoms with Crippen molar-refractivity contribution in [3.8, 4) is 0 Å². The zero-order valence-corrected chi connectivity index (χ0v) is 12.4. The van der Waals surface area contributed by atoms with E-state index in [4.69, 9.17) is 5.73 Å². The number of amides is 1. The standard InChI is InChI=1S/C14H18N4OS/c1-3-4-12-13(20-18-17-12)14(19)16-9(2)10-5-7-11(15)8-6-10/h5-9H,3-4,15H2,1-2H3,(H,16,19). The van der Waals surface area contributed by atoms with Gasteiger partial charge in [-0.3, -0.25) is 4.79 Å². The van der Waals surface area contributed by atoms with Gasteiger partial charge < -0.3 is 11.1 Å². The molecule has 0 bridgehead atoms. The number of benzene rings is 1. The molecule has 0 radical (unpaired) electrons. The zero-order valence-electron chi connectivity index (χ0n) is 11.6. The van der Waals surface area contributed by atoms with Crippen LogP contribution in [-0.4, -0.2) is 15.5 Å². The van der Waals surface area contributed by atoms with Crippen LogP contribution in [0.5, 0.6) is 0 Å². The van der Waals surface area contributed by atoms with E-state index in [1.165, 1.54) is 0 Å². The molecule has 20 heavy (non-hydrogen) atoms. The third kappa shape index (κ3) is 3.33. The van der Waals surface area contributed by atoms with E-state index in [1.807, 2.05) is 31.2 Å². The van der Waals surface area contributed by atoms with Crippen LogP contribution in [0.1, 0.15) is 47.2 Å². The van der Waals surface area contributed by atoms with Crippen LogP contribution in [0, 0.1) is 0 Å². The lowest BCUT2D eigenvalue weighted by molar-refractivity contribution is 0.0943. The van der Waals surface area contributed by atoms with E-state index >= 15 is 0 Å². The number of anilines is 1. The van der Waals surface area contributed by atoms with Gasteiger partial charge in [0.05, 0.1) is 11.7 Å². The first kappa shape index (κ1) is 14.5. The van der Waals surface area contributed by atoms with E-state index in [-0.39, 0.29) is 11.9 Å². The van der Waals surface area contributed by atoms with Gasteiger partial charge in [-0.15, -0.1) is 5.10 Å². The van der Waals surface area contributed by atoms with Gasteiger partial charge in [0.2, 0.25) is 0 Å². The summed E-state index contributed by atoms with van der Waals surface area (Å²) in [7, 11) is 0. The van der Waals surface area contributed by atoms with Crippen LogP contribution in [0.15, 0.2) is 24.3 Å². The van der Waals surface area contributed by atoms with Crippen molar-refractivity contribution in [1.29, 1.82) is 0 Å². The second-order valence-corrected chi connectivity index (χ2v) is 5.41. The number of nitrogens with zero attached hydrogens (tertiary/aromatic N) is 2. The summed E-state index contributed by atoms with van der Waals surface area (Å²) in [6.07, 6.45) is 1.72. The molecule has 0 saturated heterocycles. The van der Waals surface area contributed by atoms with Crippen molar-refractivity contribution in [2.45, 2.75) is 32.7 Å². The van der Waals surface area contributed by atoms with E-state index in [0.29, 0.717) is 10.6 Å². The Hall–Kier alpha value is -1.95. The Balaban J connectivity index is 2.07. The molecule has 1 aromatic carbocycles. The van der Waals surface area contributed by atoms with Crippen LogP contribution in [0.25, 0.3) is 0 Å². The zero-order chi connectivity index (χ0) is 14.5. The highest BCUT2D eigenvalue weighted by Gasteiger charge is 2.18. The Morgan fingerprint density at radius 3 is 2.75 bits per heavy atom. The van der Waals surface area contributed by atoms with Gasteiger partial charge in [-0.2, -0.15) is 0 Å². The summed E-state index contributed by atoms with van der Waals surface area (Å²) >= 11 is 1.14. The van der Waals surface area contributed by atoms with Crippen molar-refractivity contribution in [2.75, 3.05) is 5.73 Å². The summed E-state index contributed by atoms with van der Waals surface area (Å²) < 4.78 is 3.87. The van der Waals surface area contributed by atoms with Gasteiger partial charge in [0.1, 0.15) is 4.88 Å². The molecule has 106 valence electrons. The van der Waals surface area contributed by atoms with Crippen molar-refractivity contribution in [3.05, 3.63) is 40.4 Å². The SMILES string of the molecule is CCCc1nnsc1C(=O)NC(C)c1ccc(N)cc1. The maximum Gasteiger partial charge on any atom is 0.265 e. The molecular formula is C14H18N4OS. The lowest BCUT2D eigenvalue weighted by Gasteiger charge is -2.14. The molecule has 0 spiro atoms. The van der Waals surface area contributed by atoms with Gasteiger partial charge >= 0.3 is 0 Å². The van der Waals surface area contributed by atoms with Gasteiger partial charge in [0.15, 0.2) is 0 Å². The number of rotatable bonds is 5. The highest BCUT2D eigenvalue weighted by atomic mass is 32.1. The van der Waals surface area contributed by atoms with Crippen LogP contribution in [0.3, 0.4) is 0 Å². The molecule has 5 nitrogen and oxygen atoms in total. The van der Waals surface area contributed by atoms with Crippen LogP contribution in [-0.2, 0) is 6.42 Å². The molecule has 0 saturated carbocycles. The van der Waals surface area contributed by atoms with Crippen molar-refractivity contribution in [2.24, 2.45) is 0 Å². The van der Waals surface area contributed by atoms with E-state index in [2.05, 4.69) is 21.8 Å². The summed E-state index contributed by atoms with van der Waals surface area (Å²) in [5.74, 6) is -0.118. The molecule has 0 aliphatic carbocycles. The molecule has 1 atom stereocenters. The quantitative estimate of drug-likeness (QED) is 0.829. The Bertz CT molecular complexity index is 579. The average Bonchev–Trinajstić information content (AvgIpc) is 2.88. The highest BCUT2D eigenvalue weighted by molar-refractivity contribution is 7.08. The fraction of sp³-hybridized carbons (Fsp3) is 0.357. The maximum absolute atomic E-state index is 12.2. The first-order chi connectivity index (χ1) is 9.61. The number of aryl methyl sites for hydroxylation is 1. The largest absolute Gasteiger partial charge is 0.399 e. The first-order valence-corrected chi connectivity index (χ1v) is 7.36. The number of carbonyl (C=O) groups excluding carboxylic acids is 1. The van der Waals surface area contributed by atoms with Crippen LogP contribution in [0.2, 0.25) is 0 Å². The van der Waals surface area contributed by atoms with Crippen molar-refractivity contribution >= 4 is 23.1 Å². The number of nitrogen functional groups attached to an aromatic ring is 1. The van der Waals surface area contributed by atoms with Crippen LogP contribution >= 0.6 is 11.5 Å². The Morgan fingerprint density at radius 2 is 2.10 bits per heavy atom. The van der Waals surface area contributed by atoms with Crippen molar-refractivity contribution in [1.82, 2.24) is 14.9 Å². The first-order valence-electron chi connectivity index (χ1n) is 6.59. The molecule has 1 unspecified atom stereocenters. The molecule has 6 heteroatoms. The third-order valence-corrected chi connectivity index (χ3v) is 3.80. The summed E-state index contributed by atoms with van der Waals surface area (Å²) in [6.45, 7) is 4.00. The molecule has 0 fully saturated rings. The molecular weight excluding hydrogens is 272 g/mol. The Kier molecular flexibility index (Phi) is 4.68. The van der Waals surface area contributed by atoms with Gasteiger partial charge in [-0.05, 0) is 42.6 Å². The molecule has 1 aromatic heterocycles. The Morgan fingerprint density at radius 1 is 1.40 bits per heavy atom. The summed E-state index contributed by atoms with van der Waals surface area (Å²) in [4.78, 5) is 12.9. The number of nitrogens with one attached hydrogen (secondary N) is 1. The fourth-order valence-corrected chi connectivity index (χ4v) is 2.52. The van der Waals surface area contributed by atoms with E-state index in [9.17, 15) is 4.79 Å². The number of hydrogen-bond donors (Lipinski definition) is 2. The second kappa shape index (κ2) is 6.47. The predicted molar refractivity (Wildman–Crippen MR) is 80.6 cm³/mol. The number of hydrogen-bond acceptors (Lipinski definition) is 5. The fourth-order valence-electron chi connectivity index (χ4n) is 1.91. The molecule has 1 amide bonds. The van der Waals surface area contributed by atoms with Crippen LogP contribution < -0.4 is 11.1 Å². The van der Waals surface area contributed by atoms with E-state index in [0.717, 1.165) is 35.6 Å². The van der Waals surface area contributed by atoms with Gasteiger partial charge in [-0.1, -0.05) is 30.0 Å². The van der Waals surface area contributed by atoms with E-state index in [1.54, 1.807) is 0 Å². The topological polar surface area (TPSA) is 80.9 Å². The molecule has 2 aromatic rings. The van der Waals surface area contributed by atoms with Crippen LogP contribution in [0.4, 0.5) is 5.69 Å². The minimum Gasteiger partial charge on any atom is -0.399 e. The minimum atomic E-state index is -0.118. The Labute approximate surface area is 122 Å². The summed E-state index contributed by atoms with van der Waals surface area (Å²) in [6, 6.07) is 7.40. The summed E-state index contributed by atoms with van der Waals surface area (Å²) in [5.41, 5.74) is 8.16. The number of carbonyl (C=O) groups is 1. The average molecular weight is 290 g/mol.